The summed E-state index contributed by atoms with van der Waals surface area (Å²) in [6.45, 7) is 0.321. The van der Waals surface area contributed by atoms with Crippen molar-refractivity contribution in [2.75, 3.05) is 13.1 Å². The molecule has 1 rings (SSSR count). The van der Waals surface area contributed by atoms with Crippen LogP contribution in [0.15, 0.2) is 0 Å². The Morgan fingerprint density at radius 1 is 1.55 bits per heavy atom. The number of likely N-dealkylation sites (tertiary alicyclic amines) is 1. The number of nitrogens with zero attached hydrogens (tertiary/aromatic N) is 2. The summed E-state index contributed by atoms with van der Waals surface area (Å²) < 4.78 is 0. The van der Waals surface area contributed by atoms with Crippen molar-refractivity contribution >= 4 is 17.8 Å². The number of nitrogens with two attached hydrogens (primary N) is 2. The van der Waals surface area contributed by atoms with Gasteiger partial charge in [-0.2, -0.15) is 0 Å². The van der Waals surface area contributed by atoms with Gasteiger partial charge in [0.05, 0.1) is 17.4 Å². The average Bonchev–Trinajstić information content (AvgIpc) is 2.88. The predicted octanol–water partition coefficient (Wildman–Crippen LogP) is -1.74. The molecule has 0 aromatic heterocycles. The van der Waals surface area contributed by atoms with Gasteiger partial charge in [-0.3, -0.25) is 25.2 Å². The van der Waals surface area contributed by atoms with E-state index < -0.39 is 28.5 Å². The number of nitro groups is 1. The molecule has 0 aromatic rings. The van der Waals surface area contributed by atoms with E-state index in [2.05, 4.69) is 5.32 Å². The second-order valence-electron chi connectivity index (χ2n) is 5.06. The zero-order valence-corrected chi connectivity index (χ0v) is 11.9. The summed E-state index contributed by atoms with van der Waals surface area (Å²) in [4.78, 5) is 34.5. The normalized spacial score (nSPS) is 22.1. The number of carbonyl (C=O) groups is 2. The van der Waals surface area contributed by atoms with Crippen molar-refractivity contribution in [3.63, 3.8) is 0 Å². The zero-order valence-electron chi connectivity index (χ0n) is 11.9. The van der Waals surface area contributed by atoms with Gasteiger partial charge in [-0.25, -0.2) is 4.79 Å². The predicted molar refractivity (Wildman–Crippen MR) is 75.4 cm³/mol. The number of carbonyl (C=O) groups excluding carboxylic acids is 1. The zero-order chi connectivity index (χ0) is 16.9. The molecule has 124 valence electrons. The monoisotopic (exact) mass is 316 g/mol. The summed E-state index contributed by atoms with van der Waals surface area (Å²) in [6.07, 6.45) is 0.610. The number of carboxylic acid groups (broad SMARTS) is 1. The van der Waals surface area contributed by atoms with Crippen molar-refractivity contribution < 1.29 is 19.6 Å². The smallest absolute Gasteiger partial charge is 0.405 e. The van der Waals surface area contributed by atoms with E-state index in [0.29, 0.717) is 13.0 Å². The molecule has 7 N–H and O–H groups in total. The quantitative estimate of drug-likeness (QED) is 0.120. The SMILES string of the molecule is N=C(N)NCCC[C@H](N)C(=O)N1CCC[C@]1(C(=O)O)[N+](=O)[O-]. The molecule has 0 unspecified atom stereocenters. The first-order chi connectivity index (χ1) is 10.2. The Kier molecular flexibility index (Phi) is 5.63. The molecule has 1 fully saturated rings. The molecular formula is C11H20N6O5. The summed E-state index contributed by atoms with van der Waals surface area (Å²) in [5.41, 5.74) is 8.39. The first-order valence-electron chi connectivity index (χ1n) is 6.76. The number of guanidine groups is 1. The Balaban J connectivity index is 2.72. The van der Waals surface area contributed by atoms with Gasteiger partial charge in [0, 0.05) is 13.1 Å². The minimum absolute atomic E-state index is 0.00842. The maximum absolute atomic E-state index is 12.2. The fraction of sp³-hybridized carbons (Fsp3) is 0.727. The van der Waals surface area contributed by atoms with Crippen molar-refractivity contribution in [1.82, 2.24) is 10.2 Å². The Bertz CT molecular complexity index is 468. The van der Waals surface area contributed by atoms with Gasteiger partial charge in [0.1, 0.15) is 0 Å². The van der Waals surface area contributed by atoms with Crippen LogP contribution in [0.1, 0.15) is 25.7 Å². The maximum atomic E-state index is 12.2. The van der Waals surface area contributed by atoms with Crippen molar-refractivity contribution in [2.45, 2.75) is 37.4 Å². The van der Waals surface area contributed by atoms with E-state index in [4.69, 9.17) is 16.9 Å². The van der Waals surface area contributed by atoms with Gasteiger partial charge >= 0.3 is 11.6 Å². The maximum Gasteiger partial charge on any atom is 0.405 e. The largest absolute Gasteiger partial charge is 0.474 e. The lowest BCUT2D eigenvalue weighted by Gasteiger charge is -2.28. The lowest BCUT2D eigenvalue weighted by atomic mass is 10.1. The minimum Gasteiger partial charge on any atom is -0.474 e. The number of hydrogen-bond donors (Lipinski definition) is 5. The van der Waals surface area contributed by atoms with E-state index in [1.54, 1.807) is 0 Å². The van der Waals surface area contributed by atoms with Crippen LogP contribution in [0.2, 0.25) is 0 Å². The van der Waals surface area contributed by atoms with Gasteiger partial charge in [0.25, 0.3) is 0 Å². The van der Waals surface area contributed by atoms with Gasteiger partial charge in [-0.05, 0) is 19.3 Å². The third-order valence-corrected chi connectivity index (χ3v) is 3.59. The molecule has 11 heteroatoms. The van der Waals surface area contributed by atoms with Gasteiger partial charge in [0.2, 0.25) is 5.91 Å². The number of nitrogens with one attached hydrogen (secondary N) is 2. The van der Waals surface area contributed by atoms with Crippen LogP contribution in [-0.4, -0.2) is 57.6 Å². The van der Waals surface area contributed by atoms with Gasteiger partial charge in [0.15, 0.2) is 5.96 Å². The van der Waals surface area contributed by atoms with Gasteiger partial charge in [-0.15, -0.1) is 0 Å². The first-order valence-corrected chi connectivity index (χ1v) is 6.76. The fourth-order valence-electron chi connectivity index (χ4n) is 2.46. The van der Waals surface area contributed by atoms with Crippen LogP contribution in [0.3, 0.4) is 0 Å². The topological polar surface area (TPSA) is 189 Å². The molecule has 11 nitrogen and oxygen atoms in total. The Labute approximate surface area is 126 Å². The van der Waals surface area contributed by atoms with Crippen LogP contribution >= 0.6 is 0 Å². The standard InChI is InChI=1S/C11H20N6O5/c12-7(3-1-5-15-10(13)14)8(18)16-6-2-4-11(16,9(19)20)17(21)22/h7H,1-6,12H2,(H,19,20)(H4,13,14,15)/t7-,11+/m0/s1. The number of hydrogen-bond acceptors (Lipinski definition) is 6. The molecule has 0 aromatic carbocycles. The highest BCUT2D eigenvalue weighted by Gasteiger charge is 2.61. The molecule has 1 aliphatic rings. The van der Waals surface area contributed by atoms with Gasteiger partial charge < -0.3 is 21.9 Å². The molecule has 0 spiro atoms. The molecule has 0 bridgehead atoms. The van der Waals surface area contributed by atoms with Crippen LogP contribution in [0.25, 0.3) is 0 Å². The van der Waals surface area contributed by atoms with Crippen LogP contribution in [0.5, 0.6) is 0 Å². The summed E-state index contributed by atoms with van der Waals surface area (Å²) in [7, 11) is 0. The lowest BCUT2D eigenvalue weighted by molar-refractivity contribution is -0.576. The summed E-state index contributed by atoms with van der Waals surface area (Å²) in [5.74, 6) is -2.62. The molecule has 22 heavy (non-hydrogen) atoms. The van der Waals surface area contributed by atoms with E-state index in [9.17, 15) is 24.8 Å². The Morgan fingerprint density at radius 3 is 2.68 bits per heavy atom. The molecule has 1 aliphatic heterocycles. The molecule has 1 saturated heterocycles. The van der Waals surface area contributed by atoms with E-state index in [1.807, 2.05) is 0 Å². The van der Waals surface area contributed by atoms with Crippen molar-refractivity contribution in [2.24, 2.45) is 11.5 Å². The van der Waals surface area contributed by atoms with Crippen LogP contribution in [-0.2, 0) is 9.59 Å². The van der Waals surface area contributed by atoms with Gasteiger partial charge in [-0.1, -0.05) is 0 Å². The van der Waals surface area contributed by atoms with Crippen LogP contribution in [0.4, 0.5) is 0 Å². The molecule has 1 heterocycles. The van der Waals surface area contributed by atoms with E-state index in [-0.39, 0.29) is 31.8 Å². The molecule has 0 radical (unpaired) electrons. The highest BCUT2D eigenvalue weighted by molar-refractivity contribution is 5.89. The van der Waals surface area contributed by atoms with Crippen molar-refractivity contribution in [1.29, 1.82) is 5.41 Å². The highest BCUT2D eigenvalue weighted by Crippen LogP contribution is 2.31. The summed E-state index contributed by atoms with van der Waals surface area (Å²) in [5, 5.41) is 29.9. The second kappa shape index (κ2) is 7.02. The Morgan fingerprint density at radius 2 is 2.18 bits per heavy atom. The summed E-state index contributed by atoms with van der Waals surface area (Å²) >= 11 is 0. The third-order valence-electron chi connectivity index (χ3n) is 3.59. The Hall–Kier alpha value is -2.43. The molecule has 1 amide bonds. The van der Waals surface area contributed by atoms with Crippen LogP contribution < -0.4 is 16.8 Å². The second-order valence-corrected chi connectivity index (χ2v) is 5.06. The number of carboxylic acids is 1. The third kappa shape index (κ3) is 3.42. The van der Waals surface area contributed by atoms with E-state index in [1.165, 1.54) is 0 Å². The summed E-state index contributed by atoms with van der Waals surface area (Å²) in [6, 6.07) is -1.04. The molecular weight excluding hydrogens is 296 g/mol. The number of amides is 1. The first kappa shape index (κ1) is 17.6. The number of rotatable bonds is 7. The van der Waals surface area contributed by atoms with Crippen LogP contribution in [0, 0.1) is 15.5 Å². The van der Waals surface area contributed by atoms with E-state index in [0.717, 1.165) is 4.90 Å². The van der Waals surface area contributed by atoms with Crippen molar-refractivity contribution in [3.05, 3.63) is 10.1 Å². The minimum atomic E-state index is -2.42. The number of aliphatic carboxylic acids is 1. The molecule has 0 saturated carbocycles. The highest BCUT2D eigenvalue weighted by atomic mass is 16.6. The lowest BCUT2D eigenvalue weighted by Crippen LogP contribution is -2.61. The fourth-order valence-corrected chi connectivity index (χ4v) is 2.46. The molecule has 0 aliphatic carbocycles. The van der Waals surface area contributed by atoms with E-state index >= 15 is 0 Å². The molecule has 2 atom stereocenters. The van der Waals surface area contributed by atoms with Crippen molar-refractivity contribution in [3.8, 4) is 0 Å². The average molecular weight is 316 g/mol.